The predicted molar refractivity (Wildman–Crippen MR) is 101 cm³/mol. The van der Waals surface area contributed by atoms with Gasteiger partial charge in [0.2, 0.25) is 5.91 Å². The molecule has 1 aromatic carbocycles. The highest BCUT2D eigenvalue weighted by Crippen LogP contribution is 2.26. The summed E-state index contributed by atoms with van der Waals surface area (Å²) in [7, 11) is -3.39. The fraction of sp³-hybridized carbons (Fsp3) is 0.353. The minimum atomic E-state index is -3.39. The SMILES string of the molecule is CC(=O)Nc1ccc(N2CCN(S(=O)(=O)c3ccc(C)s3)CC2)cc1. The number of nitrogens with one attached hydrogen (secondary N) is 1. The van der Waals surface area contributed by atoms with E-state index in [2.05, 4.69) is 10.2 Å². The van der Waals surface area contributed by atoms with Crippen molar-refractivity contribution in [1.29, 1.82) is 0 Å². The number of nitrogens with zero attached hydrogens (tertiary/aromatic N) is 2. The number of thiophene rings is 1. The van der Waals surface area contributed by atoms with E-state index in [0.29, 0.717) is 30.4 Å². The molecule has 25 heavy (non-hydrogen) atoms. The normalized spacial score (nSPS) is 16.0. The van der Waals surface area contributed by atoms with Crippen LogP contribution in [0.25, 0.3) is 0 Å². The minimum absolute atomic E-state index is 0.101. The number of carbonyl (C=O) groups is 1. The lowest BCUT2D eigenvalue weighted by Crippen LogP contribution is -2.48. The number of carbonyl (C=O) groups excluding carboxylic acids is 1. The zero-order valence-corrected chi connectivity index (χ0v) is 15.9. The second kappa shape index (κ2) is 7.15. The Morgan fingerprint density at radius 1 is 1.04 bits per heavy atom. The van der Waals surface area contributed by atoms with Crippen LogP contribution >= 0.6 is 11.3 Å². The summed E-state index contributed by atoms with van der Waals surface area (Å²) in [6.45, 7) is 5.60. The van der Waals surface area contributed by atoms with E-state index in [-0.39, 0.29) is 5.91 Å². The molecule has 0 radical (unpaired) electrons. The zero-order valence-electron chi connectivity index (χ0n) is 14.2. The highest BCUT2D eigenvalue weighted by Gasteiger charge is 2.29. The lowest BCUT2D eigenvalue weighted by molar-refractivity contribution is -0.114. The Hall–Kier alpha value is -1.90. The van der Waals surface area contributed by atoms with E-state index in [1.165, 1.54) is 18.3 Å². The topological polar surface area (TPSA) is 69.7 Å². The molecule has 1 saturated heterocycles. The fourth-order valence-corrected chi connectivity index (χ4v) is 5.68. The minimum Gasteiger partial charge on any atom is -0.369 e. The number of hydrogen-bond donors (Lipinski definition) is 1. The molecule has 0 aliphatic carbocycles. The van der Waals surface area contributed by atoms with Crippen LogP contribution in [-0.2, 0) is 14.8 Å². The number of hydrogen-bond acceptors (Lipinski definition) is 5. The molecule has 1 amide bonds. The molecule has 0 spiro atoms. The first-order chi connectivity index (χ1) is 11.9. The van der Waals surface area contributed by atoms with E-state index >= 15 is 0 Å². The van der Waals surface area contributed by atoms with Crippen LogP contribution in [0.4, 0.5) is 11.4 Å². The summed E-state index contributed by atoms with van der Waals surface area (Å²) < 4.78 is 27.3. The molecule has 6 nitrogen and oxygen atoms in total. The van der Waals surface area contributed by atoms with Crippen LogP contribution in [0.1, 0.15) is 11.8 Å². The van der Waals surface area contributed by atoms with Gasteiger partial charge in [0.05, 0.1) is 0 Å². The average Bonchev–Trinajstić information content (AvgIpc) is 3.02. The van der Waals surface area contributed by atoms with Crippen molar-refractivity contribution < 1.29 is 13.2 Å². The first-order valence-corrected chi connectivity index (χ1v) is 10.3. The average molecular weight is 380 g/mol. The molecular weight excluding hydrogens is 358 g/mol. The van der Waals surface area contributed by atoms with Crippen molar-refractivity contribution in [2.45, 2.75) is 18.1 Å². The Kier molecular flexibility index (Phi) is 5.12. The summed E-state index contributed by atoms with van der Waals surface area (Å²) >= 11 is 1.31. The van der Waals surface area contributed by atoms with Crippen LogP contribution in [0.2, 0.25) is 0 Å². The third-order valence-corrected chi connectivity index (χ3v) is 7.47. The Morgan fingerprint density at radius 3 is 2.20 bits per heavy atom. The molecule has 0 atom stereocenters. The van der Waals surface area contributed by atoms with Crippen molar-refractivity contribution in [2.24, 2.45) is 0 Å². The molecule has 2 aromatic rings. The maximum absolute atomic E-state index is 12.7. The molecule has 8 heteroatoms. The molecule has 0 unspecified atom stereocenters. The summed E-state index contributed by atoms with van der Waals surface area (Å²) in [4.78, 5) is 14.2. The lowest BCUT2D eigenvalue weighted by atomic mass is 10.2. The summed E-state index contributed by atoms with van der Waals surface area (Å²) in [6, 6.07) is 11.1. The van der Waals surface area contributed by atoms with Crippen LogP contribution in [0.5, 0.6) is 0 Å². The molecule has 1 N–H and O–H groups in total. The standard InChI is InChI=1S/C17H21N3O3S2/c1-13-3-8-17(24-13)25(22,23)20-11-9-19(10-12-20)16-6-4-15(5-7-16)18-14(2)21/h3-8H,9-12H2,1-2H3,(H,18,21). The van der Waals surface area contributed by atoms with Gasteiger partial charge in [-0.15, -0.1) is 11.3 Å². The molecule has 2 heterocycles. The van der Waals surface area contributed by atoms with E-state index in [0.717, 1.165) is 16.3 Å². The predicted octanol–water partition coefficient (Wildman–Crippen LogP) is 2.53. The number of benzene rings is 1. The van der Waals surface area contributed by atoms with Crippen LogP contribution < -0.4 is 10.2 Å². The smallest absolute Gasteiger partial charge is 0.252 e. The molecule has 1 aliphatic rings. The quantitative estimate of drug-likeness (QED) is 0.886. The molecule has 1 aromatic heterocycles. The largest absolute Gasteiger partial charge is 0.369 e. The fourth-order valence-electron chi connectivity index (χ4n) is 2.82. The van der Waals surface area contributed by atoms with Gasteiger partial charge in [0, 0.05) is 49.4 Å². The summed E-state index contributed by atoms with van der Waals surface area (Å²) in [6.07, 6.45) is 0. The molecule has 0 bridgehead atoms. The molecule has 134 valence electrons. The molecule has 1 aliphatic heterocycles. The number of amides is 1. The Balaban J connectivity index is 1.64. The van der Waals surface area contributed by atoms with E-state index in [1.807, 2.05) is 37.3 Å². The summed E-state index contributed by atoms with van der Waals surface area (Å²) in [5.74, 6) is -0.101. The van der Waals surface area contributed by atoms with Gasteiger partial charge < -0.3 is 10.2 Å². The number of rotatable bonds is 4. The van der Waals surface area contributed by atoms with Gasteiger partial charge in [0.25, 0.3) is 10.0 Å². The highest BCUT2D eigenvalue weighted by molar-refractivity contribution is 7.91. The third kappa shape index (κ3) is 4.02. The van der Waals surface area contributed by atoms with Gasteiger partial charge in [0.1, 0.15) is 4.21 Å². The second-order valence-electron chi connectivity index (χ2n) is 5.98. The van der Waals surface area contributed by atoms with Gasteiger partial charge >= 0.3 is 0 Å². The van der Waals surface area contributed by atoms with E-state index in [9.17, 15) is 13.2 Å². The number of sulfonamides is 1. The van der Waals surface area contributed by atoms with Crippen molar-refractivity contribution in [3.8, 4) is 0 Å². The van der Waals surface area contributed by atoms with Crippen LogP contribution in [0.3, 0.4) is 0 Å². The van der Waals surface area contributed by atoms with Crippen molar-refractivity contribution in [3.63, 3.8) is 0 Å². The van der Waals surface area contributed by atoms with Gasteiger partial charge in [-0.05, 0) is 43.3 Å². The number of anilines is 2. The first-order valence-electron chi connectivity index (χ1n) is 8.05. The van der Waals surface area contributed by atoms with Gasteiger partial charge in [-0.3, -0.25) is 4.79 Å². The Morgan fingerprint density at radius 2 is 1.68 bits per heavy atom. The highest BCUT2D eigenvalue weighted by atomic mass is 32.2. The summed E-state index contributed by atoms with van der Waals surface area (Å²) in [5, 5.41) is 2.74. The first kappa shape index (κ1) is 17.9. The van der Waals surface area contributed by atoms with Crippen molar-refractivity contribution in [1.82, 2.24) is 4.31 Å². The van der Waals surface area contributed by atoms with Gasteiger partial charge in [-0.2, -0.15) is 4.31 Å². The van der Waals surface area contributed by atoms with E-state index in [1.54, 1.807) is 10.4 Å². The zero-order chi connectivity index (χ0) is 18.0. The second-order valence-corrected chi connectivity index (χ2v) is 9.44. The van der Waals surface area contributed by atoms with Crippen molar-refractivity contribution in [3.05, 3.63) is 41.3 Å². The van der Waals surface area contributed by atoms with E-state index in [4.69, 9.17) is 0 Å². The molecule has 0 saturated carbocycles. The van der Waals surface area contributed by atoms with Gasteiger partial charge in [0.15, 0.2) is 0 Å². The summed E-state index contributed by atoms with van der Waals surface area (Å²) in [5.41, 5.74) is 1.78. The monoisotopic (exact) mass is 379 g/mol. The van der Waals surface area contributed by atoms with Gasteiger partial charge in [-0.1, -0.05) is 0 Å². The van der Waals surface area contributed by atoms with Crippen LogP contribution in [0.15, 0.2) is 40.6 Å². The van der Waals surface area contributed by atoms with Gasteiger partial charge in [-0.25, -0.2) is 8.42 Å². The van der Waals surface area contributed by atoms with Crippen LogP contribution in [0, 0.1) is 6.92 Å². The third-order valence-electron chi connectivity index (χ3n) is 4.10. The molecular formula is C17H21N3O3S2. The number of piperazine rings is 1. The molecule has 1 fully saturated rings. The lowest BCUT2D eigenvalue weighted by Gasteiger charge is -2.35. The Labute approximate surface area is 152 Å². The maximum Gasteiger partial charge on any atom is 0.252 e. The van der Waals surface area contributed by atoms with Crippen LogP contribution in [-0.4, -0.2) is 44.8 Å². The number of aryl methyl sites for hydroxylation is 1. The maximum atomic E-state index is 12.7. The van der Waals surface area contributed by atoms with E-state index < -0.39 is 10.0 Å². The van der Waals surface area contributed by atoms with Crippen molar-refractivity contribution >= 4 is 38.6 Å². The molecule has 3 rings (SSSR count). The van der Waals surface area contributed by atoms with Crippen molar-refractivity contribution in [2.75, 3.05) is 36.4 Å². The Bertz CT molecular complexity index is 852.